The zero-order valence-electron chi connectivity index (χ0n) is 10.9. The van der Waals surface area contributed by atoms with Gasteiger partial charge < -0.3 is 15.0 Å². The fraction of sp³-hybridized carbons (Fsp3) is 0.769. The third-order valence-electron chi connectivity index (χ3n) is 3.41. The summed E-state index contributed by atoms with van der Waals surface area (Å²) in [4.78, 5) is 7.10. The molecule has 2 heterocycles. The zero-order valence-corrected chi connectivity index (χ0v) is 11.7. The second kappa shape index (κ2) is 5.55. The van der Waals surface area contributed by atoms with Gasteiger partial charge in [0, 0.05) is 37.7 Å². The van der Waals surface area contributed by atoms with Gasteiger partial charge in [-0.15, -0.1) is 11.3 Å². The van der Waals surface area contributed by atoms with Gasteiger partial charge in [-0.05, 0) is 26.2 Å². The lowest BCUT2D eigenvalue weighted by Gasteiger charge is -2.20. The third-order valence-corrected chi connectivity index (χ3v) is 4.36. The summed E-state index contributed by atoms with van der Waals surface area (Å²) in [5.74, 6) is 0. The van der Waals surface area contributed by atoms with Gasteiger partial charge in [-0.1, -0.05) is 0 Å². The van der Waals surface area contributed by atoms with Gasteiger partial charge in [-0.25, -0.2) is 4.98 Å². The van der Waals surface area contributed by atoms with Crippen LogP contribution in [0.4, 0.5) is 5.13 Å². The Morgan fingerprint density at radius 2 is 2.44 bits per heavy atom. The van der Waals surface area contributed by atoms with Crippen LogP contribution in [0.5, 0.6) is 0 Å². The summed E-state index contributed by atoms with van der Waals surface area (Å²) in [6.45, 7) is 5.96. The monoisotopic (exact) mass is 267 g/mol. The molecule has 2 fully saturated rings. The molecule has 18 heavy (non-hydrogen) atoms. The van der Waals surface area contributed by atoms with Crippen molar-refractivity contribution in [2.75, 3.05) is 24.6 Å². The number of anilines is 1. The lowest BCUT2D eigenvalue weighted by molar-refractivity contribution is 0.0821. The van der Waals surface area contributed by atoms with E-state index in [0.29, 0.717) is 6.10 Å². The van der Waals surface area contributed by atoms with E-state index in [9.17, 15) is 0 Å². The maximum Gasteiger partial charge on any atom is 0.185 e. The molecule has 0 bridgehead atoms. The Labute approximate surface area is 112 Å². The van der Waals surface area contributed by atoms with Crippen LogP contribution in [0.15, 0.2) is 5.38 Å². The molecule has 1 N–H and O–H groups in total. The lowest BCUT2D eigenvalue weighted by atomic mass is 10.4. The number of hydrogen-bond acceptors (Lipinski definition) is 5. The molecule has 0 radical (unpaired) electrons. The average Bonchev–Trinajstić information content (AvgIpc) is 3.12. The summed E-state index contributed by atoms with van der Waals surface area (Å²) in [5.41, 5.74) is 1.18. The Kier molecular flexibility index (Phi) is 3.82. The Morgan fingerprint density at radius 3 is 3.28 bits per heavy atom. The Morgan fingerprint density at radius 1 is 1.56 bits per heavy atom. The minimum atomic E-state index is 0.310. The molecule has 1 saturated carbocycles. The summed E-state index contributed by atoms with van der Waals surface area (Å²) in [6.07, 6.45) is 4.07. The van der Waals surface area contributed by atoms with Gasteiger partial charge in [-0.3, -0.25) is 0 Å². The molecule has 100 valence electrons. The molecule has 1 aliphatic carbocycles. The summed E-state index contributed by atoms with van der Waals surface area (Å²) < 4.78 is 5.67. The van der Waals surface area contributed by atoms with E-state index in [2.05, 4.69) is 22.5 Å². The Balaban J connectivity index is 1.59. The van der Waals surface area contributed by atoms with E-state index in [-0.39, 0.29) is 0 Å². The molecule has 1 aliphatic heterocycles. The maximum atomic E-state index is 5.67. The molecule has 1 saturated heterocycles. The normalized spacial score (nSPS) is 25.2. The van der Waals surface area contributed by atoms with Crippen LogP contribution in [-0.4, -0.2) is 36.8 Å². The molecule has 1 aromatic rings. The molecule has 0 amide bonds. The predicted octanol–water partition coefficient (Wildman–Crippen LogP) is 2.01. The van der Waals surface area contributed by atoms with Crippen molar-refractivity contribution in [3.05, 3.63) is 11.1 Å². The molecular weight excluding hydrogens is 246 g/mol. The second-order valence-electron chi connectivity index (χ2n) is 5.26. The van der Waals surface area contributed by atoms with E-state index < -0.39 is 0 Å². The van der Waals surface area contributed by atoms with Gasteiger partial charge in [0.05, 0.1) is 11.8 Å². The van der Waals surface area contributed by atoms with E-state index >= 15 is 0 Å². The quantitative estimate of drug-likeness (QED) is 0.905. The van der Waals surface area contributed by atoms with Crippen molar-refractivity contribution in [2.24, 2.45) is 0 Å². The van der Waals surface area contributed by atoms with Crippen molar-refractivity contribution in [2.45, 2.75) is 44.9 Å². The van der Waals surface area contributed by atoms with Gasteiger partial charge in [-0.2, -0.15) is 0 Å². The Bertz CT molecular complexity index is 391. The molecular formula is C13H21N3OS. The topological polar surface area (TPSA) is 37.4 Å². The standard InChI is InChI=1S/C13H21N3OS/c1-10-8-16(5-2-6-17-10)13-15-12(9-18-13)7-14-11-3-4-11/h9-11,14H,2-8H2,1H3. The van der Waals surface area contributed by atoms with Crippen LogP contribution in [-0.2, 0) is 11.3 Å². The van der Waals surface area contributed by atoms with Crippen molar-refractivity contribution in [1.29, 1.82) is 0 Å². The van der Waals surface area contributed by atoms with Crippen molar-refractivity contribution in [1.82, 2.24) is 10.3 Å². The van der Waals surface area contributed by atoms with Crippen LogP contribution in [0.3, 0.4) is 0 Å². The summed E-state index contributed by atoms with van der Waals surface area (Å²) >= 11 is 1.76. The minimum absolute atomic E-state index is 0.310. The van der Waals surface area contributed by atoms with E-state index in [1.54, 1.807) is 11.3 Å². The van der Waals surface area contributed by atoms with E-state index in [0.717, 1.165) is 43.8 Å². The fourth-order valence-electron chi connectivity index (χ4n) is 2.23. The molecule has 5 heteroatoms. The number of ether oxygens (including phenoxy) is 1. The first-order valence-electron chi connectivity index (χ1n) is 6.85. The molecule has 1 unspecified atom stereocenters. The molecule has 0 aromatic carbocycles. The SMILES string of the molecule is CC1CN(c2nc(CNC3CC3)cs2)CCCO1. The fourth-order valence-corrected chi connectivity index (χ4v) is 3.09. The van der Waals surface area contributed by atoms with Crippen LogP contribution in [0.25, 0.3) is 0 Å². The summed E-state index contributed by atoms with van der Waals surface area (Å²) in [7, 11) is 0. The minimum Gasteiger partial charge on any atom is -0.377 e. The Hall–Kier alpha value is -0.650. The molecule has 1 atom stereocenters. The number of thiazole rings is 1. The highest BCUT2D eigenvalue weighted by Crippen LogP contribution is 2.24. The number of hydrogen-bond donors (Lipinski definition) is 1. The zero-order chi connectivity index (χ0) is 12.4. The third kappa shape index (κ3) is 3.22. The number of aromatic nitrogens is 1. The lowest BCUT2D eigenvalue weighted by Crippen LogP contribution is -2.30. The maximum absolute atomic E-state index is 5.67. The highest BCUT2D eigenvalue weighted by molar-refractivity contribution is 7.13. The van der Waals surface area contributed by atoms with Crippen LogP contribution in [0.1, 0.15) is 31.9 Å². The number of nitrogens with zero attached hydrogens (tertiary/aromatic N) is 2. The van der Waals surface area contributed by atoms with Gasteiger partial charge in [0.25, 0.3) is 0 Å². The van der Waals surface area contributed by atoms with E-state index in [1.807, 2.05) is 0 Å². The van der Waals surface area contributed by atoms with Crippen molar-refractivity contribution in [3.63, 3.8) is 0 Å². The van der Waals surface area contributed by atoms with Crippen molar-refractivity contribution >= 4 is 16.5 Å². The van der Waals surface area contributed by atoms with Crippen LogP contribution in [0.2, 0.25) is 0 Å². The van der Waals surface area contributed by atoms with Gasteiger partial charge in [0.1, 0.15) is 0 Å². The highest BCUT2D eigenvalue weighted by Gasteiger charge is 2.21. The van der Waals surface area contributed by atoms with E-state index in [1.165, 1.54) is 18.5 Å². The molecule has 4 nitrogen and oxygen atoms in total. The first-order chi connectivity index (χ1) is 8.81. The smallest absolute Gasteiger partial charge is 0.185 e. The first kappa shape index (κ1) is 12.4. The largest absolute Gasteiger partial charge is 0.377 e. The molecule has 3 rings (SSSR count). The van der Waals surface area contributed by atoms with Crippen LogP contribution >= 0.6 is 11.3 Å². The van der Waals surface area contributed by atoms with Crippen LogP contribution in [0, 0.1) is 0 Å². The highest BCUT2D eigenvalue weighted by atomic mass is 32.1. The molecule has 0 spiro atoms. The number of nitrogens with one attached hydrogen (secondary N) is 1. The second-order valence-corrected chi connectivity index (χ2v) is 6.09. The van der Waals surface area contributed by atoms with Gasteiger partial charge >= 0.3 is 0 Å². The van der Waals surface area contributed by atoms with E-state index in [4.69, 9.17) is 9.72 Å². The van der Waals surface area contributed by atoms with Gasteiger partial charge in [0.15, 0.2) is 5.13 Å². The van der Waals surface area contributed by atoms with Crippen molar-refractivity contribution < 1.29 is 4.74 Å². The van der Waals surface area contributed by atoms with Crippen molar-refractivity contribution in [3.8, 4) is 0 Å². The average molecular weight is 267 g/mol. The molecule has 1 aromatic heterocycles. The van der Waals surface area contributed by atoms with Gasteiger partial charge in [0.2, 0.25) is 0 Å². The summed E-state index contributed by atoms with van der Waals surface area (Å²) in [6, 6.07) is 0.752. The van der Waals surface area contributed by atoms with Crippen LogP contribution < -0.4 is 10.2 Å². The molecule has 2 aliphatic rings. The number of rotatable bonds is 4. The summed E-state index contributed by atoms with van der Waals surface area (Å²) in [5, 5.41) is 6.85. The first-order valence-corrected chi connectivity index (χ1v) is 7.73. The predicted molar refractivity (Wildman–Crippen MR) is 74.2 cm³/mol.